The Kier molecular flexibility index (Phi) is 9.93. The summed E-state index contributed by atoms with van der Waals surface area (Å²) in [7, 11) is 1.63. The van der Waals surface area contributed by atoms with E-state index < -0.39 is 0 Å². The monoisotopic (exact) mass is 646 g/mol. The minimum Gasteiger partial charge on any atom is -0.497 e. The number of carbonyl (C=O) groups is 2. The number of hydrogen-bond donors (Lipinski definition) is 1. The molecule has 47 heavy (non-hydrogen) atoms. The maximum absolute atomic E-state index is 13.9. The molecule has 5 aromatic rings. The van der Waals surface area contributed by atoms with E-state index in [0.29, 0.717) is 23.2 Å². The van der Waals surface area contributed by atoms with Gasteiger partial charge in [0.2, 0.25) is 0 Å². The molecular weight excluding hydrogens is 613 g/mol. The van der Waals surface area contributed by atoms with Gasteiger partial charge in [-0.1, -0.05) is 78.0 Å². The first-order chi connectivity index (χ1) is 23.0. The second-order valence-corrected chi connectivity index (χ2v) is 11.8. The van der Waals surface area contributed by atoms with Crippen LogP contribution < -0.4 is 14.8 Å². The summed E-state index contributed by atoms with van der Waals surface area (Å²) in [6.45, 7) is 2.04. The molecule has 1 aliphatic rings. The van der Waals surface area contributed by atoms with E-state index in [4.69, 9.17) is 14.6 Å². The van der Waals surface area contributed by atoms with Crippen LogP contribution in [0.1, 0.15) is 35.0 Å². The molecule has 4 aromatic carbocycles. The number of nitrogens with zero attached hydrogens (tertiary/aromatic N) is 5. The largest absolute Gasteiger partial charge is 0.497 e. The molecule has 0 radical (unpaired) electrons. The van der Waals surface area contributed by atoms with E-state index in [1.165, 1.54) is 11.8 Å². The number of hydrogen-bond acceptors (Lipinski definition) is 8. The first-order valence-corrected chi connectivity index (χ1v) is 16.1. The Morgan fingerprint density at radius 3 is 2.28 bits per heavy atom. The molecule has 6 rings (SSSR count). The Labute approximate surface area is 277 Å². The van der Waals surface area contributed by atoms with Gasteiger partial charge in [-0.2, -0.15) is 5.10 Å². The van der Waals surface area contributed by atoms with E-state index in [0.717, 1.165) is 33.8 Å². The summed E-state index contributed by atoms with van der Waals surface area (Å²) < 4.78 is 12.7. The van der Waals surface area contributed by atoms with Gasteiger partial charge < -0.3 is 14.8 Å². The van der Waals surface area contributed by atoms with Gasteiger partial charge in [-0.15, -0.1) is 10.2 Å². The highest BCUT2D eigenvalue weighted by Gasteiger charge is 2.33. The molecular formula is C36H34N6O4S. The number of carbonyl (C=O) groups excluding carboxylic acids is 2. The average molecular weight is 647 g/mol. The maximum atomic E-state index is 13.9. The molecule has 1 aliphatic heterocycles. The topological polar surface area (TPSA) is 111 Å². The molecule has 2 heterocycles. The molecule has 1 N–H and O–H groups in total. The van der Waals surface area contributed by atoms with Crippen molar-refractivity contribution in [2.24, 2.45) is 5.10 Å². The Bertz CT molecular complexity index is 1840. The van der Waals surface area contributed by atoms with E-state index in [9.17, 15) is 9.59 Å². The van der Waals surface area contributed by atoms with Crippen LogP contribution in [0.25, 0.3) is 5.69 Å². The lowest BCUT2D eigenvalue weighted by atomic mass is 9.97. The number of amides is 2. The van der Waals surface area contributed by atoms with Crippen LogP contribution in [0.15, 0.2) is 119 Å². The molecule has 0 unspecified atom stereocenters. The SMILES string of the molecule is COc1ccc(C2=NN(C(=O)CSc3nnc(CNC(=O)COc4ccccc4)n3-c3ccccc3)[C@@H](c3ccc(C)cc3)C2)cc1. The van der Waals surface area contributed by atoms with Crippen molar-refractivity contribution in [2.75, 3.05) is 19.5 Å². The van der Waals surface area contributed by atoms with Crippen molar-refractivity contribution in [3.8, 4) is 17.2 Å². The van der Waals surface area contributed by atoms with Gasteiger partial charge in [0.15, 0.2) is 17.6 Å². The standard InChI is InChI=1S/C36H34N6O4S/c1-25-13-15-27(16-14-25)32-21-31(26-17-19-29(45-2)20-18-26)40-42(32)35(44)24-47-36-39-38-33(41(36)28-9-5-3-6-10-28)22-37-34(43)23-46-30-11-7-4-8-12-30/h3-20,32H,21-24H2,1-2H3,(H,37,43)/t32-/m1/s1. The Morgan fingerprint density at radius 1 is 0.872 bits per heavy atom. The van der Waals surface area contributed by atoms with Crippen molar-refractivity contribution >= 4 is 29.3 Å². The number of rotatable bonds is 12. The summed E-state index contributed by atoms with van der Waals surface area (Å²) in [6.07, 6.45) is 0.587. The highest BCUT2D eigenvalue weighted by molar-refractivity contribution is 7.99. The molecule has 0 saturated heterocycles. The van der Waals surface area contributed by atoms with Crippen LogP contribution in [0.5, 0.6) is 11.5 Å². The first kappa shape index (κ1) is 31.6. The molecule has 2 amide bonds. The van der Waals surface area contributed by atoms with Gasteiger partial charge in [-0.3, -0.25) is 14.2 Å². The fraction of sp³-hybridized carbons (Fsp3) is 0.194. The number of methoxy groups -OCH3 is 1. The highest BCUT2D eigenvalue weighted by Crippen LogP contribution is 2.34. The number of nitrogens with one attached hydrogen (secondary N) is 1. The van der Waals surface area contributed by atoms with E-state index in [1.54, 1.807) is 24.3 Å². The zero-order valence-electron chi connectivity index (χ0n) is 26.1. The van der Waals surface area contributed by atoms with E-state index >= 15 is 0 Å². The Balaban J connectivity index is 1.18. The molecule has 0 bridgehead atoms. The van der Waals surface area contributed by atoms with Crippen molar-refractivity contribution in [1.29, 1.82) is 0 Å². The van der Waals surface area contributed by atoms with Crippen molar-refractivity contribution in [3.63, 3.8) is 0 Å². The first-order valence-electron chi connectivity index (χ1n) is 15.2. The summed E-state index contributed by atoms with van der Waals surface area (Å²) in [5.74, 6) is 1.54. The summed E-state index contributed by atoms with van der Waals surface area (Å²) in [5, 5.41) is 18.6. The predicted octanol–water partition coefficient (Wildman–Crippen LogP) is 5.75. The molecule has 1 atom stereocenters. The fourth-order valence-corrected chi connectivity index (χ4v) is 6.00. The lowest BCUT2D eigenvalue weighted by Crippen LogP contribution is -2.29. The summed E-state index contributed by atoms with van der Waals surface area (Å²) in [5.41, 5.74) is 4.75. The summed E-state index contributed by atoms with van der Waals surface area (Å²) >= 11 is 1.28. The van der Waals surface area contributed by atoms with Gasteiger partial charge in [0.05, 0.1) is 31.2 Å². The van der Waals surface area contributed by atoms with Gasteiger partial charge in [-0.05, 0) is 66.6 Å². The number of para-hydroxylation sites is 2. The second kappa shape index (κ2) is 14.8. The number of ether oxygens (including phenoxy) is 2. The summed E-state index contributed by atoms with van der Waals surface area (Å²) in [4.78, 5) is 26.4. The minimum atomic E-state index is -0.289. The van der Waals surface area contributed by atoms with E-state index in [2.05, 4.69) is 39.8 Å². The van der Waals surface area contributed by atoms with Gasteiger partial charge in [0, 0.05) is 12.1 Å². The lowest BCUT2D eigenvalue weighted by Gasteiger charge is -2.22. The summed E-state index contributed by atoms with van der Waals surface area (Å²) in [6, 6.07) is 34.4. The number of aromatic nitrogens is 3. The molecule has 0 fully saturated rings. The maximum Gasteiger partial charge on any atom is 0.258 e. The molecule has 0 saturated carbocycles. The predicted molar refractivity (Wildman–Crippen MR) is 181 cm³/mol. The van der Waals surface area contributed by atoms with Crippen molar-refractivity contribution < 1.29 is 19.1 Å². The quantitative estimate of drug-likeness (QED) is 0.172. The third kappa shape index (κ3) is 7.70. The third-order valence-electron chi connectivity index (χ3n) is 7.65. The molecule has 0 aliphatic carbocycles. The van der Waals surface area contributed by atoms with Crippen LogP contribution in [0.4, 0.5) is 0 Å². The molecule has 10 nitrogen and oxygen atoms in total. The molecule has 1 aromatic heterocycles. The van der Waals surface area contributed by atoms with Crippen molar-refractivity contribution in [1.82, 2.24) is 25.1 Å². The van der Waals surface area contributed by atoms with Crippen molar-refractivity contribution in [3.05, 3.63) is 132 Å². The molecule has 11 heteroatoms. The third-order valence-corrected chi connectivity index (χ3v) is 8.56. The Morgan fingerprint density at radius 2 is 1.57 bits per heavy atom. The van der Waals surface area contributed by atoms with Gasteiger partial charge in [0.1, 0.15) is 11.5 Å². The Hall–Kier alpha value is -5.42. The van der Waals surface area contributed by atoms with Gasteiger partial charge >= 0.3 is 0 Å². The second-order valence-electron chi connectivity index (χ2n) is 10.9. The minimum absolute atomic E-state index is 0.0873. The normalized spacial score (nSPS) is 14.0. The molecule has 238 valence electrons. The van der Waals surface area contributed by atoms with Crippen molar-refractivity contribution in [2.45, 2.75) is 31.1 Å². The smallest absolute Gasteiger partial charge is 0.258 e. The van der Waals surface area contributed by atoms with E-state index in [1.807, 2.05) is 84.3 Å². The highest BCUT2D eigenvalue weighted by atomic mass is 32.2. The van der Waals surface area contributed by atoms with Crippen LogP contribution in [0.2, 0.25) is 0 Å². The zero-order valence-corrected chi connectivity index (χ0v) is 26.9. The number of thioether (sulfide) groups is 1. The van der Waals surface area contributed by atoms with Gasteiger partial charge in [-0.25, -0.2) is 5.01 Å². The van der Waals surface area contributed by atoms with Crippen LogP contribution in [-0.4, -0.2) is 56.8 Å². The average Bonchev–Trinajstić information content (AvgIpc) is 3.75. The zero-order chi connectivity index (χ0) is 32.6. The van der Waals surface area contributed by atoms with Crippen LogP contribution in [-0.2, 0) is 16.1 Å². The number of benzene rings is 4. The van der Waals surface area contributed by atoms with Crippen LogP contribution in [0.3, 0.4) is 0 Å². The van der Waals surface area contributed by atoms with E-state index in [-0.39, 0.29) is 36.8 Å². The molecule has 0 spiro atoms. The number of hydrazone groups is 1. The fourth-order valence-electron chi connectivity index (χ4n) is 5.18. The van der Waals surface area contributed by atoms with Crippen LogP contribution >= 0.6 is 11.8 Å². The lowest BCUT2D eigenvalue weighted by molar-refractivity contribution is -0.130. The van der Waals surface area contributed by atoms with Gasteiger partial charge in [0.25, 0.3) is 11.8 Å². The van der Waals surface area contributed by atoms with Crippen LogP contribution in [0, 0.1) is 6.92 Å². The number of aryl methyl sites for hydroxylation is 1.